The minimum absolute atomic E-state index is 0.462. The number of H-pyrrole nitrogens is 1. The summed E-state index contributed by atoms with van der Waals surface area (Å²) in [6.07, 6.45) is 0. The Hall–Kier alpha value is -2.88. The van der Waals surface area contributed by atoms with Gasteiger partial charge in [0.25, 0.3) is 0 Å². The second-order valence-corrected chi connectivity index (χ2v) is 6.20. The summed E-state index contributed by atoms with van der Waals surface area (Å²) in [7, 11) is 0. The number of hydrogen-bond acceptors (Lipinski definition) is 3. The van der Waals surface area contributed by atoms with Crippen molar-refractivity contribution in [1.29, 1.82) is 0 Å². The number of primary amides is 1. The molecule has 1 amide bonds. The molecule has 6 nitrogen and oxygen atoms in total. The molecule has 1 heterocycles. The highest BCUT2D eigenvalue weighted by molar-refractivity contribution is 6.37. The summed E-state index contributed by atoms with van der Waals surface area (Å²) < 4.78 is 0. The van der Waals surface area contributed by atoms with Crippen LogP contribution in [0.15, 0.2) is 36.4 Å². The third-order valence-electron chi connectivity index (χ3n) is 4.22. The van der Waals surface area contributed by atoms with E-state index < -0.39 is 17.9 Å². The molecule has 0 fully saturated rings. The van der Waals surface area contributed by atoms with Crippen LogP contribution in [0.4, 0.5) is 5.69 Å². The molecule has 0 spiro atoms. The average molecular weight is 354 g/mol. The molecule has 0 aliphatic carbocycles. The van der Waals surface area contributed by atoms with Gasteiger partial charge in [-0.2, -0.15) is 0 Å². The number of fused-ring (bicyclic) bond motifs is 1. The van der Waals surface area contributed by atoms with E-state index in [9.17, 15) is 4.79 Å². The number of benzene rings is 2. The highest BCUT2D eigenvalue weighted by Gasteiger charge is 2.23. The van der Waals surface area contributed by atoms with Crippen LogP contribution in [0.2, 0.25) is 5.02 Å². The Morgan fingerprint density at radius 3 is 2.56 bits per heavy atom. The molecule has 0 unspecified atom stereocenters. The van der Waals surface area contributed by atoms with Gasteiger partial charge in [0.05, 0.1) is 29.1 Å². The summed E-state index contributed by atoms with van der Waals surface area (Å²) in [6, 6.07) is 10.3. The Morgan fingerprint density at radius 2 is 1.96 bits per heavy atom. The second-order valence-electron chi connectivity index (χ2n) is 5.82. The van der Waals surface area contributed by atoms with Gasteiger partial charge in [0, 0.05) is 5.56 Å². The Balaban J connectivity index is 2.05. The average Bonchev–Trinajstić information content (AvgIpc) is 3.06. The number of carbonyl (C=O) groups is 1. The highest BCUT2D eigenvalue weighted by Crippen LogP contribution is 2.35. The van der Waals surface area contributed by atoms with Gasteiger partial charge >= 0.3 is 0 Å². The molecule has 5 N–H and O–H groups in total. The summed E-state index contributed by atoms with van der Waals surface area (Å²) >= 11 is 6.53. The topological polar surface area (TPSA) is 102 Å². The van der Waals surface area contributed by atoms with Crippen LogP contribution in [-0.4, -0.2) is 15.9 Å². The minimum atomic E-state index is -0.637. The molecule has 25 heavy (non-hydrogen) atoms. The fourth-order valence-corrected chi connectivity index (χ4v) is 2.89. The summed E-state index contributed by atoms with van der Waals surface area (Å²) in [5.41, 5.74) is 15.0. The van der Waals surface area contributed by atoms with Crippen LogP contribution in [-0.2, 0) is 4.79 Å². The number of halogens is 1. The molecule has 3 rings (SSSR count). The smallest absolute Gasteiger partial charge is 0.222 e. The fraction of sp³-hybridized carbons (Fsp3) is 0.167. The Morgan fingerprint density at radius 1 is 1.28 bits per heavy atom. The van der Waals surface area contributed by atoms with Gasteiger partial charge in [-0.25, -0.2) is 9.83 Å². The third-order valence-corrected chi connectivity index (χ3v) is 4.60. The second kappa shape index (κ2) is 6.55. The molecule has 0 bridgehead atoms. The molecule has 3 aromatic rings. The molecule has 7 heteroatoms. The van der Waals surface area contributed by atoms with Gasteiger partial charge < -0.3 is 16.5 Å². The fourth-order valence-electron chi connectivity index (χ4n) is 2.57. The first kappa shape index (κ1) is 17.0. The molecule has 0 saturated heterocycles. The molecule has 0 radical (unpaired) electrons. The third kappa shape index (κ3) is 3.07. The SMILES string of the molecule is [C-]#[N+]c1ccc(-c2ccc3[nH]c([C@@H](N)[C@@H](C)C(N)=O)nc3c2Cl)cc1. The standard InChI is InChI=1S/C18H16ClN5O/c1-9(17(21)25)15(20)18-23-13-8-7-12(14(19)16(13)24-18)10-3-5-11(22-2)6-4-10/h3-9,15H,20H2,1H3,(H2,21,25)(H,23,24)/t9-,15+/m1/s1. The van der Waals surface area contributed by atoms with Gasteiger partial charge in [0.1, 0.15) is 11.3 Å². The molecule has 0 saturated carbocycles. The first-order valence-corrected chi connectivity index (χ1v) is 8.01. The van der Waals surface area contributed by atoms with Gasteiger partial charge in [0.15, 0.2) is 5.69 Å². The lowest BCUT2D eigenvalue weighted by atomic mass is 10.0. The van der Waals surface area contributed by atoms with Gasteiger partial charge in [-0.1, -0.05) is 48.9 Å². The van der Waals surface area contributed by atoms with Crippen LogP contribution in [0, 0.1) is 12.5 Å². The zero-order valence-electron chi connectivity index (χ0n) is 13.5. The van der Waals surface area contributed by atoms with E-state index in [1.165, 1.54) is 0 Å². The van der Waals surface area contributed by atoms with Crippen molar-refractivity contribution in [2.45, 2.75) is 13.0 Å². The number of hydrogen-bond donors (Lipinski definition) is 3. The van der Waals surface area contributed by atoms with Gasteiger partial charge in [-0.05, 0) is 11.6 Å². The van der Waals surface area contributed by atoms with Crippen molar-refractivity contribution in [2.24, 2.45) is 17.4 Å². The number of aromatic amines is 1. The van der Waals surface area contributed by atoms with Gasteiger partial charge in [-0.3, -0.25) is 4.79 Å². The predicted molar refractivity (Wildman–Crippen MR) is 98.1 cm³/mol. The minimum Gasteiger partial charge on any atom is -0.369 e. The number of amides is 1. The molecule has 126 valence electrons. The van der Waals surface area contributed by atoms with Crippen LogP contribution in [0.3, 0.4) is 0 Å². The van der Waals surface area contributed by atoms with E-state index in [2.05, 4.69) is 14.8 Å². The van der Waals surface area contributed by atoms with Crippen LogP contribution >= 0.6 is 11.6 Å². The number of carbonyl (C=O) groups excluding carboxylic acids is 1. The zero-order valence-corrected chi connectivity index (χ0v) is 14.2. The number of aromatic nitrogens is 2. The van der Waals surface area contributed by atoms with E-state index in [-0.39, 0.29) is 0 Å². The summed E-state index contributed by atoms with van der Waals surface area (Å²) in [6.45, 7) is 8.68. The monoisotopic (exact) mass is 353 g/mol. The van der Waals surface area contributed by atoms with Crippen molar-refractivity contribution >= 4 is 34.2 Å². The predicted octanol–water partition coefficient (Wildman–Crippen LogP) is 3.56. The van der Waals surface area contributed by atoms with Crippen molar-refractivity contribution in [1.82, 2.24) is 9.97 Å². The normalized spacial score (nSPS) is 13.4. The van der Waals surface area contributed by atoms with E-state index in [1.54, 1.807) is 19.1 Å². The highest BCUT2D eigenvalue weighted by atomic mass is 35.5. The Bertz CT molecular complexity index is 987. The molecule has 0 aliphatic heterocycles. The molecule has 2 aromatic carbocycles. The maximum absolute atomic E-state index is 11.3. The Kier molecular flexibility index (Phi) is 4.45. The van der Waals surface area contributed by atoms with E-state index in [4.69, 9.17) is 29.6 Å². The van der Waals surface area contributed by atoms with Crippen molar-refractivity contribution in [2.75, 3.05) is 0 Å². The maximum atomic E-state index is 11.3. The first-order valence-electron chi connectivity index (χ1n) is 7.63. The first-order chi connectivity index (χ1) is 11.9. The molecular weight excluding hydrogens is 338 g/mol. The summed E-state index contributed by atoms with van der Waals surface area (Å²) in [5, 5.41) is 0.481. The van der Waals surface area contributed by atoms with Gasteiger partial charge in [0.2, 0.25) is 5.91 Å². The zero-order chi connectivity index (χ0) is 18.1. The quantitative estimate of drug-likeness (QED) is 0.625. The van der Waals surface area contributed by atoms with E-state index in [0.29, 0.717) is 22.1 Å². The lowest BCUT2D eigenvalue weighted by Gasteiger charge is -2.13. The van der Waals surface area contributed by atoms with Crippen LogP contribution in [0.1, 0.15) is 18.8 Å². The lowest BCUT2D eigenvalue weighted by molar-refractivity contribution is -0.121. The number of nitrogens with one attached hydrogen (secondary N) is 1. The van der Waals surface area contributed by atoms with Crippen molar-refractivity contribution in [3.63, 3.8) is 0 Å². The van der Waals surface area contributed by atoms with Crippen molar-refractivity contribution in [3.05, 3.63) is 58.7 Å². The van der Waals surface area contributed by atoms with Crippen molar-refractivity contribution in [3.8, 4) is 11.1 Å². The number of nitrogens with zero attached hydrogens (tertiary/aromatic N) is 2. The number of imidazole rings is 1. The summed E-state index contributed by atoms with van der Waals surface area (Å²) in [4.78, 5) is 22.3. The van der Waals surface area contributed by atoms with Crippen LogP contribution < -0.4 is 11.5 Å². The van der Waals surface area contributed by atoms with E-state index in [0.717, 1.165) is 16.6 Å². The van der Waals surface area contributed by atoms with Crippen LogP contribution in [0.5, 0.6) is 0 Å². The largest absolute Gasteiger partial charge is 0.369 e. The van der Waals surface area contributed by atoms with E-state index >= 15 is 0 Å². The number of nitrogens with two attached hydrogens (primary N) is 2. The Labute approximate surface area is 149 Å². The number of rotatable bonds is 4. The maximum Gasteiger partial charge on any atom is 0.222 e. The van der Waals surface area contributed by atoms with E-state index in [1.807, 2.05) is 24.3 Å². The van der Waals surface area contributed by atoms with Gasteiger partial charge in [-0.15, -0.1) is 0 Å². The molecular formula is C18H16ClN5O. The molecule has 2 atom stereocenters. The molecule has 1 aromatic heterocycles. The lowest BCUT2D eigenvalue weighted by Crippen LogP contribution is -2.31. The summed E-state index contributed by atoms with van der Waals surface area (Å²) in [5.74, 6) is -0.580. The van der Waals surface area contributed by atoms with Crippen molar-refractivity contribution < 1.29 is 4.79 Å². The molecule has 0 aliphatic rings. The van der Waals surface area contributed by atoms with Crippen LogP contribution in [0.25, 0.3) is 27.0 Å².